The van der Waals surface area contributed by atoms with Crippen molar-refractivity contribution in [3.05, 3.63) is 0 Å². The number of nitrogens with one attached hydrogen (secondary N) is 1. The molecular weight excluding hydrogens is 204 g/mol. The number of nitrogens with zero attached hydrogens (tertiary/aromatic N) is 1. The maximum atomic E-state index is 3.46. The molecule has 0 saturated carbocycles. The molecule has 1 unspecified atom stereocenters. The minimum absolute atomic E-state index is 0.908. The minimum Gasteiger partial charge on any atom is -0.317 e. The van der Waals surface area contributed by atoms with Gasteiger partial charge in [0.2, 0.25) is 0 Å². The van der Waals surface area contributed by atoms with Crippen molar-refractivity contribution in [3.63, 3.8) is 0 Å². The fraction of sp³-hybridized carbons (Fsp3) is 1.00. The Kier molecular flexibility index (Phi) is 7.49. The molecule has 0 bridgehead atoms. The second-order valence-electron chi connectivity index (χ2n) is 4.46. The molecule has 0 aliphatic carbocycles. The fourth-order valence-corrected chi connectivity index (χ4v) is 2.71. The molecule has 1 aliphatic rings. The highest BCUT2D eigenvalue weighted by molar-refractivity contribution is 7.98. The standard InChI is InChI=1S/C12H26N2S/c1-3-13-10-12-6-8-14(11-12)7-4-5-9-15-2/h12-13H,3-11H2,1-2H3. The molecule has 3 heteroatoms. The number of rotatable bonds is 8. The second-order valence-corrected chi connectivity index (χ2v) is 5.45. The van der Waals surface area contributed by atoms with Crippen LogP contribution >= 0.6 is 11.8 Å². The summed E-state index contributed by atoms with van der Waals surface area (Å²) in [6.07, 6.45) is 6.36. The van der Waals surface area contributed by atoms with E-state index in [4.69, 9.17) is 0 Å². The highest BCUT2D eigenvalue weighted by Gasteiger charge is 2.20. The smallest absolute Gasteiger partial charge is 0.00223 e. The van der Waals surface area contributed by atoms with E-state index in [9.17, 15) is 0 Å². The van der Waals surface area contributed by atoms with E-state index >= 15 is 0 Å². The summed E-state index contributed by atoms with van der Waals surface area (Å²) in [5, 5.41) is 3.46. The van der Waals surface area contributed by atoms with E-state index in [2.05, 4.69) is 23.4 Å². The first-order chi connectivity index (χ1) is 7.36. The Morgan fingerprint density at radius 3 is 3.00 bits per heavy atom. The molecule has 1 saturated heterocycles. The summed E-state index contributed by atoms with van der Waals surface area (Å²) in [6.45, 7) is 8.50. The lowest BCUT2D eigenvalue weighted by atomic mass is 10.1. The zero-order valence-corrected chi connectivity index (χ0v) is 11.1. The van der Waals surface area contributed by atoms with E-state index in [1.807, 2.05) is 11.8 Å². The Balaban J connectivity index is 1.98. The Morgan fingerprint density at radius 1 is 1.40 bits per heavy atom. The first kappa shape index (κ1) is 13.3. The monoisotopic (exact) mass is 230 g/mol. The quantitative estimate of drug-likeness (QED) is 0.643. The largest absolute Gasteiger partial charge is 0.317 e. The van der Waals surface area contributed by atoms with Crippen molar-refractivity contribution in [2.75, 3.05) is 44.7 Å². The molecule has 0 radical (unpaired) electrons. The molecule has 1 N–H and O–H groups in total. The lowest BCUT2D eigenvalue weighted by Gasteiger charge is -2.15. The van der Waals surface area contributed by atoms with Gasteiger partial charge in [0.1, 0.15) is 0 Å². The third kappa shape index (κ3) is 5.79. The van der Waals surface area contributed by atoms with Crippen LogP contribution in [0.25, 0.3) is 0 Å². The van der Waals surface area contributed by atoms with Crippen LogP contribution in [-0.4, -0.2) is 49.6 Å². The van der Waals surface area contributed by atoms with E-state index in [0.29, 0.717) is 0 Å². The Hall–Kier alpha value is 0.270. The van der Waals surface area contributed by atoms with Crippen LogP contribution in [0.5, 0.6) is 0 Å². The zero-order chi connectivity index (χ0) is 10.9. The molecule has 90 valence electrons. The van der Waals surface area contributed by atoms with E-state index in [-0.39, 0.29) is 0 Å². The zero-order valence-electron chi connectivity index (χ0n) is 10.3. The fourth-order valence-electron chi connectivity index (χ4n) is 2.21. The molecule has 1 heterocycles. The van der Waals surface area contributed by atoms with Gasteiger partial charge >= 0.3 is 0 Å². The predicted octanol–water partition coefficient (Wildman–Crippen LogP) is 2.06. The molecule has 2 nitrogen and oxygen atoms in total. The van der Waals surface area contributed by atoms with Gasteiger partial charge in [-0.2, -0.15) is 11.8 Å². The van der Waals surface area contributed by atoms with Crippen molar-refractivity contribution in [1.29, 1.82) is 0 Å². The van der Waals surface area contributed by atoms with Gasteiger partial charge in [-0.05, 0) is 63.4 Å². The summed E-state index contributed by atoms with van der Waals surface area (Å²) in [4.78, 5) is 2.64. The third-order valence-electron chi connectivity index (χ3n) is 3.13. The van der Waals surface area contributed by atoms with Crippen molar-refractivity contribution < 1.29 is 0 Å². The lowest BCUT2D eigenvalue weighted by molar-refractivity contribution is 0.317. The van der Waals surface area contributed by atoms with Gasteiger partial charge in [-0.15, -0.1) is 0 Å². The third-order valence-corrected chi connectivity index (χ3v) is 3.82. The van der Waals surface area contributed by atoms with Crippen LogP contribution in [-0.2, 0) is 0 Å². The average molecular weight is 230 g/mol. The molecule has 1 fully saturated rings. The van der Waals surface area contributed by atoms with Crippen LogP contribution in [0.3, 0.4) is 0 Å². The molecule has 0 spiro atoms. The number of hydrogen-bond acceptors (Lipinski definition) is 3. The summed E-state index contributed by atoms with van der Waals surface area (Å²) in [5.74, 6) is 2.24. The molecule has 0 aromatic rings. The van der Waals surface area contributed by atoms with Crippen LogP contribution < -0.4 is 5.32 Å². The van der Waals surface area contributed by atoms with Crippen molar-refractivity contribution in [1.82, 2.24) is 10.2 Å². The van der Waals surface area contributed by atoms with Gasteiger partial charge in [0, 0.05) is 6.54 Å². The first-order valence-corrected chi connectivity index (χ1v) is 7.68. The van der Waals surface area contributed by atoms with E-state index in [0.717, 1.165) is 12.5 Å². The van der Waals surface area contributed by atoms with Crippen molar-refractivity contribution >= 4 is 11.8 Å². The maximum absolute atomic E-state index is 3.46. The Labute approximate surface area is 99.2 Å². The molecule has 0 amide bonds. The van der Waals surface area contributed by atoms with Gasteiger partial charge in [-0.25, -0.2) is 0 Å². The van der Waals surface area contributed by atoms with Crippen LogP contribution in [0.15, 0.2) is 0 Å². The molecule has 1 rings (SSSR count). The summed E-state index contributed by atoms with van der Waals surface area (Å²) in [7, 11) is 0. The van der Waals surface area contributed by atoms with E-state index < -0.39 is 0 Å². The first-order valence-electron chi connectivity index (χ1n) is 6.28. The highest BCUT2D eigenvalue weighted by Crippen LogP contribution is 2.15. The van der Waals surface area contributed by atoms with Gasteiger partial charge in [0.05, 0.1) is 0 Å². The Morgan fingerprint density at radius 2 is 2.27 bits per heavy atom. The highest BCUT2D eigenvalue weighted by atomic mass is 32.2. The van der Waals surface area contributed by atoms with Crippen molar-refractivity contribution in [2.45, 2.75) is 26.2 Å². The van der Waals surface area contributed by atoms with Crippen molar-refractivity contribution in [2.24, 2.45) is 5.92 Å². The molecular formula is C12H26N2S. The molecule has 1 aliphatic heterocycles. The van der Waals surface area contributed by atoms with Crippen LogP contribution in [0.1, 0.15) is 26.2 Å². The van der Waals surface area contributed by atoms with Crippen LogP contribution in [0.4, 0.5) is 0 Å². The van der Waals surface area contributed by atoms with Crippen LogP contribution in [0.2, 0.25) is 0 Å². The Bertz CT molecular complexity index is 153. The molecule has 0 aromatic heterocycles. The minimum atomic E-state index is 0.908. The topological polar surface area (TPSA) is 15.3 Å². The predicted molar refractivity (Wildman–Crippen MR) is 70.7 cm³/mol. The van der Waals surface area contributed by atoms with Crippen molar-refractivity contribution in [3.8, 4) is 0 Å². The number of thioether (sulfide) groups is 1. The summed E-state index contributed by atoms with van der Waals surface area (Å²) >= 11 is 1.97. The molecule has 1 atom stereocenters. The van der Waals surface area contributed by atoms with Gasteiger partial charge in [-0.1, -0.05) is 6.92 Å². The van der Waals surface area contributed by atoms with Gasteiger partial charge in [-0.3, -0.25) is 0 Å². The van der Waals surface area contributed by atoms with E-state index in [1.165, 1.54) is 51.2 Å². The normalized spacial score (nSPS) is 22.4. The van der Waals surface area contributed by atoms with Gasteiger partial charge in [0.25, 0.3) is 0 Å². The number of hydrogen-bond donors (Lipinski definition) is 1. The molecule has 0 aromatic carbocycles. The lowest BCUT2D eigenvalue weighted by Crippen LogP contribution is -2.27. The average Bonchev–Trinajstić information content (AvgIpc) is 2.69. The van der Waals surface area contributed by atoms with Gasteiger partial charge < -0.3 is 10.2 Å². The number of unbranched alkanes of at least 4 members (excludes halogenated alkanes) is 1. The SMILES string of the molecule is CCNCC1CCN(CCCCSC)C1. The maximum Gasteiger partial charge on any atom is 0.00223 e. The van der Waals surface area contributed by atoms with E-state index in [1.54, 1.807) is 0 Å². The van der Waals surface area contributed by atoms with Crippen LogP contribution in [0, 0.1) is 5.92 Å². The van der Waals surface area contributed by atoms with Gasteiger partial charge in [0.15, 0.2) is 0 Å². The summed E-state index contributed by atoms with van der Waals surface area (Å²) in [5.41, 5.74) is 0. The summed E-state index contributed by atoms with van der Waals surface area (Å²) < 4.78 is 0. The molecule has 15 heavy (non-hydrogen) atoms. The number of likely N-dealkylation sites (tertiary alicyclic amines) is 1. The summed E-state index contributed by atoms with van der Waals surface area (Å²) in [6, 6.07) is 0. The second kappa shape index (κ2) is 8.43.